The van der Waals surface area contributed by atoms with Crippen molar-refractivity contribution in [3.05, 3.63) is 29.3 Å². The second-order valence-corrected chi connectivity index (χ2v) is 12.0. The first-order valence-corrected chi connectivity index (χ1v) is 12.1. The van der Waals surface area contributed by atoms with Crippen LogP contribution in [0.2, 0.25) is 5.02 Å². The minimum absolute atomic E-state index is 0.187. The van der Waals surface area contributed by atoms with Gasteiger partial charge in [0.25, 0.3) is 0 Å². The Morgan fingerprint density at radius 3 is 2.11 bits per heavy atom. The summed E-state index contributed by atoms with van der Waals surface area (Å²) < 4.78 is 26.0. The lowest BCUT2D eigenvalue weighted by Crippen LogP contribution is -2.54. The Morgan fingerprint density at radius 1 is 1.00 bits per heavy atom. The topological polar surface area (TPSA) is 54.5 Å². The zero-order valence-electron chi connectivity index (χ0n) is 15.4. The van der Waals surface area contributed by atoms with Crippen molar-refractivity contribution in [3.63, 3.8) is 0 Å². The van der Waals surface area contributed by atoms with Gasteiger partial charge in [-0.05, 0) is 87.0 Å². The van der Waals surface area contributed by atoms with E-state index in [0.29, 0.717) is 29.4 Å². The highest BCUT2D eigenvalue weighted by atomic mass is 35.5. The van der Waals surface area contributed by atoms with Gasteiger partial charge >= 0.3 is 0 Å². The quantitative estimate of drug-likeness (QED) is 0.762. The van der Waals surface area contributed by atoms with Crippen LogP contribution in [0.15, 0.2) is 29.2 Å². The van der Waals surface area contributed by atoms with E-state index in [9.17, 15) is 13.2 Å². The number of benzene rings is 1. The molecule has 27 heavy (non-hydrogen) atoms. The summed E-state index contributed by atoms with van der Waals surface area (Å²) >= 11 is 5.89. The lowest BCUT2D eigenvalue weighted by molar-refractivity contribution is -0.156. The van der Waals surface area contributed by atoms with Gasteiger partial charge in [-0.3, -0.25) is 4.79 Å². The molecule has 6 heteroatoms. The molecule has 1 unspecified atom stereocenters. The second kappa shape index (κ2) is 6.21. The Balaban J connectivity index is 1.33. The number of halogens is 1. The first-order valence-electron chi connectivity index (χ1n) is 10.1. The first-order chi connectivity index (χ1) is 12.9. The molecule has 0 aromatic heterocycles. The molecule has 1 aliphatic heterocycles. The van der Waals surface area contributed by atoms with Crippen LogP contribution in [0.25, 0.3) is 0 Å². The van der Waals surface area contributed by atoms with Gasteiger partial charge in [0, 0.05) is 18.1 Å². The van der Waals surface area contributed by atoms with Crippen molar-refractivity contribution in [2.45, 2.75) is 55.1 Å². The van der Waals surface area contributed by atoms with Gasteiger partial charge in [0.05, 0.1) is 15.6 Å². The van der Waals surface area contributed by atoms with Gasteiger partial charge in [0.15, 0.2) is 9.84 Å². The zero-order chi connectivity index (χ0) is 18.8. The minimum atomic E-state index is -3.43. The van der Waals surface area contributed by atoms with Crippen LogP contribution in [0.3, 0.4) is 0 Å². The number of rotatable bonds is 3. The van der Waals surface area contributed by atoms with E-state index in [2.05, 4.69) is 0 Å². The van der Waals surface area contributed by atoms with Crippen molar-refractivity contribution >= 4 is 27.3 Å². The number of carbonyl (C=O) groups excluding carboxylic acids is 1. The van der Waals surface area contributed by atoms with E-state index in [4.69, 9.17) is 11.6 Å². The Kier molecular flexibility index (Phi) is 4.14. The number of amides is 1. The average Bonchev–Trinajstić information content (AvgIpc) is 3.11. The molecule has 1 heterocycles. The molecule has 0 radical (unpaired) electrons. The monoisotopic (exact) mass is 407 g/mol. The van der Waals surface area contributed by atoms with E-state index >= 15 is 0 Å². The standard InChI is InChI=1S/C21H26ClNO3S/c22-17-1-3-18(4-2-17)27(25,26)19-5-6-23(13-19)20(24)21-10-14-7-15(11-21)9-16(8-14)12-21/h1-4,14-16,19H,5-13H2. The molecule has 4 nitrogen and oxygen atoms in total. The van der Waals surface area contributed by atoms with Gasteiger partial charge in [0.2, 0.25) is 5.91 Å². The minimum Gasteiger partial charge on any atom is -0.341 e. The van der Waals surface area contributed by atoms with Gasteiger partial charge in [-0.25, -0.2) is 8.42 Å². The molecule has 6 rings (SSSR count). The van der Waals surface area contributed by atoms with E-state index in [0.717, 1.165) is 37.0 Å². The maximum Gasteiger partial charge on any atom is 0.228 e. The highest BCUT2D eigenvalue weighted by Crippen LogP contribution is 2.60. The van der Waals surface area contributed by atoms with Crippen molar-refractivity contribution in [3.8, 4) is 0 Å². The number of carbonyl (C=O) groups is 1. The third-order valence-corrected chi connectivity index (χ3v) is 9.95. The van der Waals surface area contributed by atoms with Crippen LogP contribution in [-0.4, -0.2) is 37.6 Å². The van der Waals surface area contributed by atoms with Gasteiger partial charge in [0.1, 0.15) is 0 Å². The molecular formula is C21H26ClNO3S. The highest BCUT2D eigenvalue weighted by Gasteiger charge is 2.56. The maximum absolute atomic E-state index is 13.5. The third-order valence-electron chi connectivity index (χ3n) is 7.51. The van der Waals surface area contributed by atoms with E-state index in [1.807, 2.05) is 4.90 Å². The fraction of sp³-hybridized carbons (Fsp3) is 0.667. The largest absolute Gasteiger partial charge is 0.341 e. The van der Waals surface area contributed by atoms with E-state index < -0.39 is 15.1 Å². The maximum atomic E-state index is 13.5. The van der Waals surface area contributed by atoms with E-state index in [1.54, 1.807) is 24.3 Å². The highest BCUT2D eigenvalue weighted by molar-refractivity contribution is 7.92. The predicted molar refractivity (Wildman–Crippen MR) is 104 cm³/mol. The van der Waals surface area contributed by atoms with Gasteiger partial charge in [-0.2, -0.15) is 0 Å². The summed E-state index contributed by atoms with van der Waals surface area (Å²) in [6.07, 6.45) is 7.54. The van der Waals surface area contributed by atoms with Gasteiger partial charge in [-0.15, -0.1) is 0 Å². The molecule has 1 aromatic rings. The lowest BCUT2D eigenvalue weighted by atomic mass is 9.49. The molecule has 1 aromatic carbocycles. The Morgan fingerprint density at radius 2 is 1.56 bits per heavy atom. The SMILES string of the molecule is O=C(N1CCC(S(=O)(=O)c2ccc(Cl)cc2)C1)C12CC3CC(CC(C3)C1)C2. The summed E-state index contributed by atoms with van der Waals surface area (Å²) in [6.45, 7) is 0.906. The molecule has 0 spiro atoms. The van der Waals surface area contributed by atoms with Crippen molar-refractivity contribution in [2.24, 2.45) is 23.2 Å². The van der Waals surface area contributed by atoms with Crippen molar-refractivity contribution < 1.29 is 13.2 Å². The molecule has 5 aliphatic rings. The van der Waals surface area contributed by atoms with Crippen LogP contribution in [-0.2, 0) is 14.6 Å². The second-order valence-electron chi connectivity index (χ2n) is 9.36. The summed E-state index contributed by atoms with van der Waals surface area (Å²) in [7, 11) is -3.43. The molecular weight excluding hydrogens is 382 g/mol. The number of nitrogens with zero attached hydrogens (tertiary/aromatic N) is 1. The predicted octanol–water partition coefficient (Wildman–Crippen LogP) is 3.93. The number of likely N-dealkylation sites (tertiary alicyclic amines) is 1. The molecule has 4 bridgehead atoms. The molecule has 1 amide bonds. The van der Waals surface area contributed by atoms with Crippen LogP contribution < -0.4 is 0 Å². The molecule has 0 N–H and O–H groups in total. The number of sulfone groups is 1. The normalized spacial score (nSPS) is 37.7. The Bertz CT molecular complexity index is 829. The summed E-state index contributed by atoms with van der Waals surface area (Å²) in [5, 5.41) is 0.0236. The fourth-order valence-corrected chi connectivity index (χ4v) is 8.51. The Hall–Kier alpha value is -1.07. The molecule has 1 saturated heterocycles. The molecule has 146 valence electrons. The first kappa shape index (κ1) is 18.0. The number of hydrogen-bond acceptors (Lipinski definition) is 3. The van der Waals surface area contributed by atoms with Crippen LogP contribution in [0, 0.1) is 23.2 Å². The molecule has 1 atom stereocenters. The molecule has 5 fully saturated rings. The van der Waals surface area contributed by atoms with Crippen molar-refractivity contribution in [2.75, 3.05) is 13.1 Å². The van der Waals surface area contributed by atoms with Crippen LogP contribution in [0.4, 0.5) is 0 Å². The van der Waals surface area contributed by atoms with Crippen LogP contribution in [0.1, 0.15) is 44.9 Å². The van der Waals surface area contributed by atoms with Gasteiger partial charge in [-0.1, -0.05) is 11.6 Å². The summed E-state index contributed by atoms with van der Waals surface area (Å²) in [5.74, 6) is 2.40. The van der Waals surface area contributed by atoms with E-state index in [1.165, 1.54) is 19.3 Å². The Labute approximate surface area is 166 Å². The summed E-state index contributed by atoms with van der Waals surface area (Å²) in [4.78, 5) is 15.6. The van der Waals surface area contributed by atoms with E-state index in [-0.39, 0.29) is 11.3 Å². The van der Waals surface area contributed by atoms with Crippen molar-refractivity contribution in [1.82, 2.24) is 4.90 Å². The van der Waals surface area contributed by atoms with Gasteiger partial charge < -0.3 is 4.90 Å². The third kappa shape index (κ3) is 2.93. The molecule has 4 saturated carbocycles. The summed E-state index contributed by atoms with van der Waals surface area (Å²) in [5.41, 5.74) is -0.187. The number of hydrogen-bond donors (Lipinski definition) is 0. The average molecular weight is 408 g/mol. The lowest BCUT2D eigenvalue weighted by Gasteiger charge is -2.56. The van der Waals surface area contributed by atoms with Crippen LogP contribution >= 0.6 is 11.6 Å². The van der Waals surface area contributed by atoms with Crippen molar-refractivity contribution in [1.29, 1.82) is 0 Å². The molecule has 4 aliphatic carbocycles. The summed E-state index contributed by atoms with van der Waals surface area (Å²) in [6, 6.07) is 6.37. The smallest absolute Gasteiger partial charge is 0.228 e. The van der Waals surface area contributed by atoms with Crippen LogP contribution in [0.5, 0.6) is 0 Å². The fourth-order valence-electron chi connectivity index (χ4n) is 6.69. The zero-order valence-corrected chi connectivity index (χ0v) is 17.0.